The number of hydrogen-bond acceptors (Lipinski definition) is 2. The van der Waals surface area contributed by atoms with Crippen LogP contribution in [0.15, 0.2) is 6.20 Å². The molecule has 0 fully saturated rings. The standard InChI is InChI=1S/C7H13N3/c1-4-6(2)7-5-8-10(3)9-7/h5-6H,4H2,1-3H3. The number of aromatic nitrogens is 3. The van der Waals surface area contributed by atoms with Crippen LogP contribution in [0.4, 0.5) is 0 Å². The smallest absolute Gasteiger partial charge is 0.0855 e. The maximum atomic E-state index is 4.19. The molecule has 0 bridgehead atoms. The van der Waals surface area contributed by atoms with Gasteiger partial charge in [0.2, 0.25) is 0 Å². The molecule has 0 aromatic carbocycles. The van der Waals surface area contributed by atoms with E-state index in [1.54, 1.807) is 4.80 Å². The van der Waals surface area contributed by atoms with Crippen LogP contribution in [0.3, 0.4) is 0 Å². The molecule has 0 N–H and O–H groups in total. The Kier molecular flexibility index (Phi) is 2.04. The Bertz CT molecular complexity index is 204. The first-order chi connectivity index (χ1) is 4.74. The molecule has 1 rings (SSSR count). The second-order valence-electron chi connectivity index (χ2n) is 2.57. The molecule has 0 saturated heterocycles. The molecule has 0 saturated carbocycles. The van der Waals surface area contributed by atoms with E-state index in [4.69, 9.17) is 0 Å². The van der Waals surface area contributed by atoms with Crippen molar-refractivity contribution >= 4 is 0 Å². The van der Waals surface area contributed by atoms with Gasteiger partial charge in [-0.05, 0) is 6.42 Å². The molecule has 3 nitrogen and oxygen atoms in total. The third-order valence-corrected chi connectivity index (χ3v) is 1.73. The minimum absolute atomic E-state index is 0.536. The number of rotatable bonds is 2. The zero-order valence-corrected chi connectivity index (χ0v) is 6.70. The highest BCUT2D eigenvalue weighted by molar-refractivity contribution is 4.98. The molecule has 56 valence electrons. The predicted molar refractivity (Wildman–Crippen MR) is 39.7 cm³/mol. The lowest BCUT2D eigenvalue weighted by Crippen LogP contribution is -1.95. The van der Waals surface area contributed by atoms with Crippen LogP contribution < -0.4 is 0 Å². The molecule has 1 aromatic heterocycles. The maximum absolute atomic E-state index is 4.19. The number of aryl methyl sites for hydroxylation is 1. The normalized spacial score (nSPS) is 13.5. The highest BCUT2D eigenvalue weighted by Gasteiger charge is 2.05. The Labute approximate surface area is 61.1 Å². The van der Waals surface area contributed by atoms with Crippen LogP contribution in [0.5, 0.6) is 0 Å². The Morgan fingerprint density at radius 1 is 1.70 bits per heavy atom. The summed E-state index contributed by atoms with van der Waals surface area (Å²) in [5, 5.41) is 8.18. The van der Waals surface area contributed by atoms with E-state index in [9.17, 15) is 0 Å². The van der Waals surface area contributed by atoms with Gasteiger partial charge in [0.1, 0.15) is 0 Å². The summed E-state index contributed by atoms with van der Waals surface area (Å²) in [7, 11) is 1.84. The lowest BCUT2D eigenvalue weighted by Gasteiger charge is -2.00. The largest absolute Gasteiger partial charge is 0.188 e. The molecular formula is C7H13N3. The SMILES string of the molecule is CCC(C)c1cnn(C)n1. The second-order valence-corrected chi connectivity index (χ2v) is 2.57. The van der Waals surface area contributed by atoms with Crippen molar-refractivity contribution in [2.45, 2.75) is 26.2 Å². The Morgan fingerprint density at radius 3 is 2.80 bits per heavy atom. The van der Waals surface area contributed by atoms with Crippen molar-refractivity contribution < 1.29 is 0 Å². The first-order valence-electron chi connectivity index (χ1n) is 3.60. The van der Waals surface area contributed by atoms with Gasteiger partial charge in [-0.2, -0.15) is 15.0 Å². The lowest BCUT2D eigenvalue weighted by atomic mass is 10.1. The average molecular weight is 139 g/mol. The zero-order chi connectivity index (χ0) is 7.56. The van der Waals surface area contributed by atoms with Crippen LogP contribution in [-0.4, -0.2) is 15.0 Å². The van der Waals surface area contributed by atoms with Crippen LogP contribution in [0.1, 0.15) is 31.9 Å². The fraction of sp³-hybridized carbons (Fsp3) is 0.714. The highest BCUT2D eigenvalue weighted by Crippen LogP contribution is 2.13. The van der Waals surface area contributed by atoms with Crippen LogP contribution in [0, 0.1) is 0 Å². The highest BCUT2D eigenvalue weighted by atomic mass is 15.4. The molecule has 0 aliphatic rings. The van der Waals surface area contributed by atoms with Crippen LogP contribution >= 0.6 is 0 Å². The van der Waals surface area contributed by atoms with Gasteiger partial charge >= 0.3 is 0 Å². The van der Waals surface area contributed by atoms with Crippen LogP contribution in [-0.2, 0) is 7.05 Å². The van der Waals surface area contributed by atoms with E-state index in [-0.39, 0.29) is 0 Å². The molecule has 1 atom stereocenters. The van der Waals surface area contributed by atoms with Crippen molar-refractivity contribution in [3.05, 3.63) is 11.9 Å². The van der Waals surface area contributed by atoms with Gasteiger partial charge in [0.05, 0.1) is 11.9 Å². The summed E-state index contributed by atoms with van der Waals surface area (Å²) in [5.74, 6) is 0.536. The molecule has 10 heavy (non-hydrogen) atoms. The lowest BCUT2D eigenvalue weighted by molar-refractivity contribution is 0.622. The summed E-state index contributed by atoms with van der Waals surface area (Å²) in [4.78, 5) is 1.60. The molecule has 1 aromatic rings. The maximum Gasteiger partial charge on any atom is 0.0855 e. The van der Waals surface area contributed by atoms with Crippen molar-refractivity contribution in [1.29, 1.82) is 0 Å². The van der Waals surface area contributed by atoms with E-state index in [1.807, 2.05) is 13.2 Å². The zero-order valence-electron chi connectivity index (χ0n) is 6.70. The topological polar surface area (TPSA) is 30.7 Å². The second kappa shape index (κ2) is 2.82. The minimum Gasteiger partial charge on any atom is -0.188 e. The van der Waals surface area contributed by atoms with Gasteiger partial charge in [-0.25, -0.2) is 0 Å². The third kappa shape index (κ3) is 1.35. The summed E-state index contributed by atoms with van der Waals surface area (Å²) >= 11 is 0. The van der Waals surface area contributed by atoms with Gasteiger partial charge in [0, 0.05) is 13.0 Å². The van der Waals surface area contributed by atoms with Gasteiger partial charge in [-0.3, -0.25) is 0 Å². The quantitative estimate of drug-likeness (QED) is 0.618. The number of nitrogens with zero attached hydrogens (tertiary/aromatic N) is 3. The summed E-state index contributed by atoms with van der Waals surface area (Å²) in [6.07, 6.45) is 2.95. The number of hydrogen-bond donors (Lipinski definition) is 0. The monoisotopic (exact) mass is 139 g/mol. The Hall–Kier alpha value is -0.860. The molecule has 0 aliphatic heterocycles. The summed E-state index contributed by atoms with van der Waals surface area (Å²) in [5.41, 5.74) is 1.09. The molecule has 3 heteroatoms. The van der Waals surface area contributed by atoms with Crippen LogP contribution in [0.2, 0.25) is 0 Å². The van der Waals surface area contributed by atoms with E-state index < -0.39 is 0 Å². The van der Waals surface area contributed by atoms with Crippen molar-refractivity contribution in [2.24, 2.45) is 7.05 Å². The fourth-order valence-electron chi connectivity index (χ4n) is 0.796. The molecular weight excluding hydrogens is 126 g/mol. The van der Waals surface area contributed by atoms with Crippen molar-refractivity contribution in [3.63, 3.8) is 0 Å². The Morgan fingerprint density at radius 2 is 2.40 bits per heavy atom. The minimum atomic E-state index is 0.536. The summed E-state index contributed by atoms with van der Waals surface area (Å²) in [6.45, 7) is 4.31. The van der Waals surface area contributed by atoms with Gasteiger partial charge in [0.25, 0.3) is 0 Å². The molecule has 0 aliphatic carbocycles. The average Bonchev–Trinajstić information content (AvgIpc) is 2.34. The first kappa shape index (κ1) is 7.25. The Balaban J connectivity index is 2.74. The molecule has 1 unspecified atom stereocenters. The van der Waals surface area contributed by atoms with Crippen LogP contribution in [0.25, 0.3) is 0 Å². The molecule has 0 amide bonds. The van der Waals surface area contributed by atoms with Gasteiger partial charge < -0.3 is 0 Å². The summed E-state index contributed by atoms with van der Waals surface area (Å²) < 4.78 is 0. The summed E-state index contributed by atoms with van der Waals surface area (Å²) in [6, 6.07) is 0. The van der Waals surface area contributed by atoms with E-state index in [0.717, 1.165) is 12.1 Å². The van der Waals surface area contributed by atoms with Crippen molar-refractivity contribution in [3.8, 4) is 0 Å². The molecule has 0 spiro atoms. The van der Waals surface area contributed by atoms with Gasteiger partial charge in [-0.15, -0.1) is 0 Å². The molecule has 1 heterocycles. The molecule has 0 radical (unpaired) electrons. The van der Waals surface area contributed by atoms with Gasteiger partial charge in [0.15, 0.2) is 0 Å². The first-order valence-corrected chi connectivity index (χ1v) is 3.60. The van der Waals surface area contributed by atoms with E-state index in [1.165, 1.54) is 0 Å². The third-order valence-electron chi connectivity index (χ3n) is 1.73. The van der Waals surface area contributed by atoms with Crippen molar-refractivity contribution in [1.82, 2.24) is 15.0 Å². The van der Waals surface area contributed by atoms with Gasteiger partial charge in [-0.1, -0.05) is 13.8 Å². The fourth-order valence-corrected chi connectivity index (χ4v) is 0.796. The van der Waals surface area contributed by atoms with E-state index in [0.29, 0.717) is 5.92 Å². The van der Waals surface area contributed by atoms with E-state index in [2.05, 4.69) is 24.0 Å². The van der Waals surface area contributed by atoms with E-state index >= 15 is 0 Å². The van der Waals surface area contributed by atoms with Crippen molar-refractivity contribution in [2.75, 3.05) is 0 Å². The predicted octanol–water partition coefficient (Wildman–Crippen LogP) is 1.33.